The number of rotatable bonds is 15. The molecule has 4 aromatic carbocycles. The zero-order chi connectivity index (χ0) is 31.2. The molecule has 0 fully saturated rings. The summed E-state index contributed by atoms with van der Waals surface area (Å²) in [5.41, 5.74) is 5.01. The van der Waals surface area contributed by atoms with Crippen LogP contribution in [0.5, 0.6) is 11.5 Å². The van der Waals surface area contributed by atoms with Crippen LogP contribution in [0, 0.1) is 0 Å². The number of hydrogen-bond donors (Lipinski definition) is 2. The summed E-state index contributed by atoms with van der Waals surface area (Å²) in [5.74, 6) is 0.191. The maximum Gasteiger partial charge on any atom is 0.258 e. The van der Waals surface area contributed by atoms with Crippen LogP contribution >= 0.6 is 0 Å². The number of ether oxygens (including phenoxy) is 2. The van der Waals surface area contributed by atoms with E-state index in [1.165, 1.54) is 25.5 Å². The summed E-state index contributed by atoms with van der Waals surface area (Å²) in [6.07, 6.45) is 1.86. The first-order valence-electron chi connectivity index (χ1n) is 13.9. The van der Waals surface area contributed by atoms with E-state index in [0.29, 0.717) is 30.0 Å². The number of sulfonamides is 1. The lowest BCUT2D eigenvalue weighted by Crippen LogP contribution is -2.40. The van der Waals surface area contributed by atoms with Gasteiger partial charge in [0.05, 0.1) is 24.8 Å². The average Bonchev–Trinajstić information content (AvgIpc) is 3.06. The van der Waals surface area contributed by atoms with E-state index in [1.807, 2.05) is 60.7 Å². The second-order valence-electron chi connectivity index (χ2n) is 9.66. The van der Waals surface area contributed by atoms with Crippen molar-refractivity contribution in [2.75, 3.05) is 26.8 Å². The Labute approximate surface area is 257 Å². The topological polar surface area (TPSA) is 126 Å². The van der Waals surface area contributed by atoms with Gasteiger partial charge in [-0.3, -0.25) is 9.59 Å². The lowest BCUT2D eigenvalue weighted by Gasteiger charge is -2.21. The van der Waals surface area contributed by atoms with Gasteiger partial charge < -0.3 is 14.8 Å². The fourth-order valence-corrected chi connectivity index (χ4v) is 5.50. The van der Waals surface area contributed by atoms with Gasteiger partial charge in [0.25, 0.3) is 11.8 Å². The van der Waals surface area contributed by atoms with Gasteiger partial charge >= 0.3 is 0 Å². The third kappa shape index (κ3) is 9.79. The van der Waals surface area contributed by atoms with Crippen molar-refractivity contribution in [3.8, 4) is 11.5 Å². The third-order valence-electron chi connectivity index (χ3n) is 6.50. The molecule has 0 saturated carbocycles. The Morgan fingerprint density at radius 2 is 1.41 bits per heavy atom. The number of benzene rings is 4. The third-order valence-corrected chi connectivity index (χ3v) is 8.35. The van der Waals surface area contributed by atoms with Gasteiger partial charge in [-0.2, -0.15) is 9.41 Å². The second kappa shape index (κ2) is 16.0. The first-order chi connectivity index (χ1) is 21.3. The molecule has 0 aliphatic carbocycles. The first kappa shape index (κ1) is 31.9. The molecule has 4 rings (SSSR count). The van der Waals surface area contributed by atoms with E-state index in [0.717, 1.165) is 15.4 Å². The Bertz CT molecular complexity index is 1630. The lowest BCUT2D eigenvalue weighted by atomic mass is 10.1. The van der Waals surface area contributed by atoms with Gasteiger partial charge in [-0.05, 0) is 71.6 Å². The molecule has 4 aromatic rings. The zero-order valence-electron chi connectivity index (χ0n) is 24.3. The van der Waals surface area contributed by atoms with Gasteiger partial charge in [0.1, 0.15) is 11.5 Å². The Morgan fingerprint density at radius 1 is 0.795 bits per heavy atom. The molecule has 2 N–H and O–H groups in total. The van der Waals surface area contributed by atoms with Crippen LogP contribution in [0.4, 0.5) is 0 Å². The fraction of sp³-hybridized carbons (Fsp3) is 0.182. The summed E-state index contributed by atoms with van der Waals surface area (Å²) in [5, 5.41) is 6.78. The van der Waals surface area contributed by atoms with E-state index in [9.17, 15) is 18.0 Å². The van der Waals surface area contributed by atoms with E-state index in [1.54, 1.807) is 36.4 Å². The number of methoxy groups -OCH3 is 1. The quantitative estimate of drug-likeness (QED) is 0.155. The minimum atomic E-state index is -3.98. The smallest absolute Gasteiger partial charge is 0.258 e. The molecule has 0 bridgehead atoms. The number of nitrogens with one attached hydrogen (secondary N) is 2. The monoisotopic (exact) mass is 614 g/mol. The molecule has 228 valence electrons. The highest BCUT2D eigenvalue weighted by atomic mass is 32.2. The maximum atomic E-state index is 13.4. The highest BCUT2D eigenvalue weighted by molar-refractivity contribution is 7.89. The minimum absolute atomic E-state index is 0.0543. The van der Waals surface area contributed by atoms with E-state index in [-0.39, 0.29) is 24.0 Å². The van der Waals surface area contributed by atoms with Crippen molar-refractivity contribution in [3.05, 3.63) is 126 Å². The summed E-state index contributed by atoms with van der Waals surface area (Å²) >= 11 is 0. The van der Waals surface area contributed by atoms with Crippen LogP contribution in [0.2, 0.25) is 0 Å². The van der Waals surface area contributed by atoms with Crippen molar-refractivity contribution < 1.29 is 27.5 Å². The van der Waals surface area contributed by atoms with Crippen LogP contribution in [-0.4, -0.2) is 57.6 Å². The molecule has 10 nitrogen and oxygen atoms in total. The van der Waals surface area contributed by atoms with Crippen LogP contribution in [0.3, 0.4) is 0 Å². The molecule has 0 unspecified atom stereocenters. The Morgan fingerprint density at radius 3 is 2.05 bits per heavy atom. The summed E-state index contributed by atoms with van der Waals surface area (Å²) < 4.78 is 38.7. The van der Waals surface area contributed by atoms with E-state index in [2.05, 4.69) is 15.8 Å². The largest absolute Gasteiger partial charge is 0.497 e. The zero-order valence-corrected chi connectivity index (χ0v) is 25.1. The molecule has 0 heterocycles. The standard InChI is InChI=1S/C33H34N4O6S/c1-42-29-16-18-31(19-17-29)44(40,41)37(21-20-26-8-4-2-5-9-26)24-32(38)36-35-23-28-12-14-30(15-13-28)43-25-33(39)34-22-27-10-6-3-7-11-27/h2-19,23H,20-22,24-25H2,1H3,(H,34,39)(H,36,38)/b35-23+. The van der Waals surface area contributed by atoms with Crippen molar-refractivity contribution >= 4 is 28.1 Å². The van der Waals surface area contributed by atoms with Gasteiger partial charge in [-0.1, -0.05) is 60.7 Å². The predicted octanol–water partition coefficient (Wildman–Crippen LogP) is 3.77. The number of hydrogen-bond acceptors (Lipinski definition) is 7. The lowest BCUT2D eigenvalue weighted by molar-refractivity contribution is -0.123. The molecule has 44 heavy (non-hydrogen) atoms. The molecule has 2 amide bonds. The van der Waals surface area contributed by atoms with Crippen LogP contribution in [0.15, 0.2) is 119 Å². The predicted molar refractivity (Wildman–Crippen MR) is 168 cm³/mol. The summed E-state index contributed by atoms with van der Waals surface area (Å²) in [6.45, 7) is -0.0300. The number of carbonyl (C=O) groups excluding carboxylic acids is 2. The molecule has 11 heteroatoms. The first-order valence-corrected chi connectivity index (χ1v) is 15.3. The Hall–Kier alpha value is -5.00. The van der Waals surface area contributed by atoms with Gasteiger partial charge in [0.2, 0.25) is 10.0 Å². The van der Waals surface area contributed by atoms with Crippen molar-refractivity contribution in [3.63, 3.8) is 0 Å². The molecule has 0 spiro atoms. The van der Waals surface area contributed by atoms with E-state index >= 15 is 0 Å². The number of nitrogens with zero attached hydrogens (tertiary/aromatic N) is 2. The van der Waals surface area contributed by atoms with Crippen LogP contribution < -0.4 is 20.2 Å². The molecule has 0 atom stereocenters. The molecule has 0 aromatic heterocycles. The second-order valence-corrected chi connectivity index (χ2v) is 11.6. The normalized spacial score (nSPS) is 11.3. The summed E-state index contributed by atoms with van der Waals surface area (Å²) in [7, 11) is -2.48. The van der Waals surface area contributed by atoms with E-state index in [4.69, 9.17) is 9.47 Å². The Balaban J connectivity index is 1.30. The van der Waals surface area contributed by atoms with Gasteiger partial charge in [0.15, 0.2) is 6.61 Å². The van der Waals surface area contributed by atoms with Crippen molar-refractivity contribution in [2.45, 2.75) is 17.9 Å². The molecule has 0 aliphatic heterocycles. The Kier molecular flexibility index (Phi) is 11.6. The van der Waals surface area contributed by atoms with Gasteiger partial charge in [-0.15, -0.1) is 0 Å². The SMILES string of the molecule is COc1ccc(S(=O)(=O)N(CCc2ccccc2)CC(=O)N/N=C/c2ccc(OCC(=O)NCc3ccccc3)cc2)cc1. The fourth-order valence-electron chi connectivity index (χ4n) is 4.10. The van der Waals surface area contributed by atoms with Crippen LogP contribution in [0.25, 0.3) is 0 Å². The van der Waals surface area contributed by atoms with Crippen molar-refractivity contribution in [1.29, 1.82) is 0 Å². The highest BCUT2D eigenvalue weighted by Gasteiger charge is 2.26. The van der Waals surface area contributed by atoms with Gasteiger partial charge in [-0.25, -0.2) is 13.8 Å². The summed E-state index contributed by atoms with van der Waals surface area (Å²) in [4.78, 5) is 24.9. The molecular weight excluding hydrogens is 580 g/mol. The van der Waals surface area contributed by atoms with Crippen molar-refractivity contribution in [2.24, 2.45) is 5.10 Å². The maximum absolute atomic E-state index is 13.4. The number of carbonyl (C=O) groups is 2. The molecule has 0 radical (unpaired) electrons. The van der Waals surface area contributed by atoms with E-state index < -0.39 is 22.5 Å². The van der Waals surface area contributed by atoms with Crippen LogP contribution in [0.1, 0.15) is 16.7 Å². The van der Waals surface area contributed by atoms with Crippen molar-refractivity contribution in [1.82, 2.24) is 15.0 Å². The highest BCUT2D eigenvalue weighted by Crippen LogP contribution is 2.20. The number of amides is 2. The number of hydrazone groups is 1. The van der Waals surface area contributed by atoms with Gasteiger partial charge in [0, 0.05) is 13.1 Å². The average molecular weight is 615 g/mol. The molecule has 0 aliphatic rings. The molecular formula is C33H34N4O6S. The van der Waals surface area contributed by atoms with Crippen LogP contribution in [-0.2, 0) is 32.6 Å². The molecule has 0 saturated heterocycles. The summed E-state index contributed by atoms with van der Waals surface area (Å²) in [6, 6.07) is 31.8. The minimum Gasteiger partial charge on any atom is -0.497 e.